The number of benzene rings is 1. The minimum Gasteiger partial charge on any atom is -0.497 e. The molecular weight excluding hydrogens is 402 g/mol. The second-order valence-electron chi connectivity index (χ2n) is 7.81. The highest BCUT2D eigenvalue weighted by Crippen LogP contribution is 2.27. The molecule has 3 aromatic rings. The first kappa shape index (κ1) is 20.3. The molecule has 158 valence electrons. The topological polar surface area (TPSA) is 100 Å². The van der Waals surface area contributed by atoms with Crippen LogP contribution in [-0.4, -0.2) is 52.1 Å². The summed E-state index contributed by atoms with van der Waals surface area (Å²) in [5.74, 6) is 0.532. The maximum absolute atomic E-state index is 12.6. The molecule has 1 saturated heterocycles. The maximum atomic E-state index is 12.6. The Morgan fingerprint density at radius 1 is 1.40 bits per heavy atom. The molecule has 1 aliphatic rings. The van der Waals surface area contributed by atoms with Crippen molar-refractivity contribution in [3.05, 3.63) is 35.0 Å². The lowest BCUT2D eigenvalue weighted by molar-refractivity contribution is -0.128. The van der Waals surface area contributed by atoms with Crippen molar-refractivity contribution < 1.29 is 14.3 Å². The number of nitrogens with zero attached hydrogens (tertiary/aromatic N) is 3. The summed E-state index contributed by atoms with van der Waals surface area (Å²) in [7, 11) is 1.65. The highest BCUT2D eigenvalue weighted by Gasteiger charge is 2.34. The van der Waals surface area contributed by atoms with Gasteiger partial charge in [-0.3, -0.25) is 9.59 Å². The number of amides is 2. The molecule has 1 aromatic carbocycles. The molecule has 4 rings (SSSR count). The Morgan fingerprint density at radius 2 is 2.23 bits per heavy atom. The van der Waals surface area contributed by atoms with Crippen molar-refractivity contribution in [3.8, 4) is 5.75 Å². The van der Waals surface area contributed by atoms with Crippen LogP contribution in [0.1, 0.15) is 36.8 Å². The van der Waals surface area contributed by atoms with Gasteiger partial charge < -0.3 is 19.9 Å². The van der Waals surface area contributed by atoms with Crippen molar-refractivity contribution >= 4 is 39.2 Å². The van der Waals surface area contributed by atoms with Gasteiger partial charge >= 0.3 is 0 Å². The van der Waals surface area contributed by atoms with Gasteiger partial charge in [0.1, 0.15) is 10.8 Å². The van der Waals surface area contributed by atoms with Crippen molar-refractivity contribution in [1.29, 1.82) is 0 Å². The van der Waals surface area contributed by atoms with Crippen LogP contribution < -0.4 is 10.1 Å². The maximum Gasteiger partial charge on any atom is 0.231 e. The molecule has 1 aliphatic heterocycles. The van der Waals surface area contributed by atoms with Gasteiger partial charge in [0.25, 0.3) is 0 Å². The first-order valence-corrected chi connectivity index (χ1v) is 10.8. The number of fused-ring (bicyclic) bond motifs is 1. The molecule has 0 saturated carbocycles. The molecule has 2 aromatic heterocycles. The van der Waals surface area contributed by atoms with Gasteiger partial charge in [-0.15, -0.1) is 10.2 Å². The smallest absolute Gasteiger partial charge is 0.231 e. The first-order chi connectivity index (χ1) is 14.4. The number of aromatic amines is 1. The van der Waals surface area contributed by atoms with Gasteiger partial charge in [-0.05, 0) is 30.2 Å². The summed E-state index contributed by atoms with van der Waals surface area (Å²) < 4.78 is 5.31. The highest BCUT2D eigenvalue weighted by molar-refractivity contribution is 7.15. The van der Waals surface area contributed by atoms with Gasteiger partial charge in [-0.25, -0.2) is 0 Å². The number of hydrogen-bond donors (Lipinski definition) is 2. The molecule has 1 atom stereocenters. The van der Waals surface area contributed by atoms with Crippen molar-refractivity contribution in [1.82, 2.24) is 20.1 Å². The van der Waals surface area contributed by atoms with Crippen LogP contribution in [0.15, 0.2) is 24.4 Å². The van der Waals surface area contributed by atoms with E-state index in [9.17, 15) is 9.59 Å². The fourth-order valence-electron chi connectivity index (χ4n) is 3.64. The van der Waals surface area contributed by atoms with Gasteiger partial charge in [0.05, 0.1) is 13.0 Å². The van der Waals surface area contributed by atoms with E-state index >= 15 is 0 Å². The Labute approximate surface area is 178 Å². The van der Waals surface area contributed by atoms with E-state index in [4.69, 9.17) is 4.74 Å². The molecule has 1 unspecified atom stereocenters. The van der Waals surface area contributed by atoms with Crippen LogP contribution in [0.4, 0.5) is 5.13 Å². The van der Waals surface area contributed by atoms with Crippen LogP contribution in [-0.2, 0) is 16.0 Å². The Morgan fingerprint density at radius 3 is 2.97 bits per heavy atom. The van der Waals surface area contributed by atoms with Crippen LogP contribution in [0.2, 0.25) is 0 Å². The number of likely N-dealkylation sites (tertiary alicyclic amines) is 1. The molecule has 3 heterocycles. The zero-order valence-electron chi connectivity index (χ0n) is 17.3. The molecule has 0 aliphatic carbocycles. The monoisotopic (exact) mass is 427 g/mol. The van der Waals surface area contributed by atoms with Gasteiger partial charge in [0.2, 0.25) is 16.9 Å². The Kier molecular flexibility index (Phi) is 5.72. The van der Waals surface area contributed by atoms with E-state index in [0.29, 0.717) is 24.6 Å². The second-order valence-corrected chi connectivity index (χ2v) is 8.81. The summed E-state index contributed by atoms with van der Waals surface area (Å²) in [6.45, 7) is 5.06. The third-order valence-corrected chi connectivity index (χ3v) is 6.51. The quantitative estimate of drug-likeness (QED) is 0.603. The summed E-state index contributed by atoms with van der Waals surface area (Å²) >= 11 is 1.38. The lowest BCUT2D eigenvalue weighted by atomic mass is 10.1. The second kappa shape index (κ2) is 8.43. The molecule has 2 N–H and O–H groups in total. The summed E-state index contributed by atoms with van der Waals surface area (Å²) in [4.78, 5) is 30.1. The zero-order valence-corrected chi connectivity index (χ0v) is 18.1. The zero-order chi connectivity index (χ0) is 21.3. The normalized spacial score (nSPS) is 16.6. The van der Waals surface area contributed by atoms with E-state index in [1.54, 1.807) is 12.0 Å². The minimum atomic E-state index is -0.369. The lowest BCUT2D eigenvalue weighted by Crippen LogP contribution is -2.30. The molecule has 0 spiro atoms. The molecule has 2 amide bonds. The molecular formula is C21H25N5O3S. The fraction of sp³-hybridized carbons (Fsp3) is 0.429. The first-order valence-electron chi connectivity index (χ1n) is 10.0. The number of methoxy groups -OCH3 is 1. The van der Waals surface area contributed by atoms with E-state index < -0.39 is 0 Å². The molecule has 0 bridgehead atoms. The molecule has 8 nitrogen and oxygen atoms in total. The van der Waals surface area contributed by atoms with Gasteiger partial charge in [0, 0.05) is 42.5 Å². The number of rotatable bonds is 7. The van der Waals surface area contributed by atoms with Gasteiger partial charge in [0.15, 0.2) is 0 Å². The molecule has 30 heavy (non-hydrogen) atoms. The Balaban J connectivity index is 1.36. The number of ether oxygens (including phenoxy) is 1. The predicted octanol–water partition coefficient (Wildman–Crippen LogP) is 3.18. The third-order valence-electron chi connectivity index (χ3n) is 5.38. The number of H-pyrrole nitrogens is 1. The van der Waals surface area contributed by atoms with Crippen molar-refractivity contribution in [3.63, 3.8) is 0 Å². The van der Waals surface area contributed by atoms with E-state index in [0.717, 1.165) is 27.2 Å². The van der Waals surface area contributed by atoms with Crippen LogP contribution in [0.3, 0.4) is 0 Å². The fourth-order valence-corrected chi connectivity index (χ4v) is 4.39. The minimum absolute atomic E-state index is 0.00713. The van der Waals surface area contributed by atoms with Crippen molar-refractivity contribution in [2.45, 2.75) is 32.6 Å². The number of carbonyl (C=O) groups is 2. The van der Waals surface area contributed by atoms with Gasteiger partial charge in [-0.1, -0.05) is 25.2 Å². The standard InChI is InChI=1S/C21H25N5O3S/c1-12(2)20-24-25-21(30-20)23-19(28)14-8-18(27)26(11-14)7-6-13-10-22-17-5-4-15(29-3)9-16(13)17/h4-5,9-10,12,14,22H,6-8,11H2,1-3H3,(H,23,25,28). The number of aromatic nitrogens is 3. The van der Waals surface area contributed by atoms with Gasteiger partial charge in [-0.2, -0.15) is 0 Å². The van der Waals surface area contributed by atoms with Crippen molar-refractivity contribution in [2.75, 3.05) is 25.5 Å². The summed E-state index contributed by atoms with van der Waals surface area (Å²) in [5.41, 5.74) is 2.16. The summed E-state index contributed by atoms with van der Waals surface area (Å²) in [6, 6.07) is 5.89. The summed E-state index contributed by atoms with van der Waals surface area (Å²) in [6.07, 6.45) is 2.90. The molecule has 0 radical (unpaired) electrons. The predicted molar refractivity (Wildman–Crippen MR) is 116 cm³/mol. The number of anilines is 1. The van der Waals surface area contributed by atoms with Crippen LogP contribution in [0.25, 0.3) is 10.9 Å². The van der Waals surface area contributed by atoms with E-state index in [1.807, 2.05) is 38.2 Å². The number of carbonyl (C=O) groups excluding carboxylic acids is 2. The van der Waals surface area contributed by atoms with E-state index in [1.165, 1.54) is 11.3 Å². The highest BCUT2D eigenvalue weighted by atomic mass is 32.1. The van der Waals surface area contributed by atoms with Crippen LogP contribution in [0.5, 0.6) is 5.75 Å². The largest absolute Gasteiger partial charge is 0.497 e. The molecule has 1 fully saturated rings. The van der Waals surface area contributed by atoms with Crippen LogP contribution >= 0.6 is 11.3 Å². The number of hydrogen-bond acceptors (Lipinski definition) is 6. The third kappa shape index (κ3) is 4.16. The SMILES string of the molecule is COc1ccc2[nH]cc(CCN3CC(C(=O)Nc4nnc(C(C)C)s4)CC3=O)c2c1. The lowest BCUT2D eigenvalue weighted by Gasteiger charge is -2.16. The average Bonchev–Trinajstić information content (AvgIpc) is 3.44. The summed E-state index contributed by atoms with van der Waals surface area (Å²) in [5, 5.41) is 13.4. The van der Waals surface area contributed by atoms with E-state index in [-0.39, 0.29) is 30.1 Å². The average molecular weight is 428 g/mol. The number of nitrogens with one attached hydrogen (secondary N) is 2. The molecule has 9 heteroatoms. The van der Waals surface area contributed by atoms with Crippen molar-refractivity contribution in [2.24, 2.45) is 5.92 Å². The van der Waals surface area contributed by atoms with E-state index in [2.05, 4.69) is 20.5 Å². The Hall–Kier alpha value is -2.94. The Bertz CT molecular complexity index is 1070. The van der Waals surface area contributed by atoms with Crippen LogP contribution in [0, 0.1) is 5.92 Å².